The van der Waals surface area contributed by atoms with E-state index in [4.69, 9.17) is 11.6 Å². The molecular weight excluding hydrogens is 270 g/mol. The Morgan fingerprint density at radius 2 is 2.10 bits per heavy atom. The molecule has 0 aliphatic heterocycles. The number of hydrogen-bond acceptors (Lipinski definition) is 3. The predicted molar refractivity (Wildman–Crippen MR) is 85.3 cm³/mol. The monoisotopic (exact) mass is 289 g/mol. The first-order valence-corrected chi connectivity index (χ1v) is 7.07. The van der Waals surface area contributed by atoms with E-state index in [1.165, 1.54) is 11.1 Å². The van der Waals surface area contributed by atoms with Crippen LogP contribution in [-0.2, 0) is 6.54 Å². The molecule has 0 amide bonds. The SMILES string of the molecule is CNCc1ccnc(N(C)C(C)c2cccc(Cl)c2)c1. The number of nitrogens with zero attached hydrogens (tertiary/aromatic N) is 2. The molecule has 2 aromatic rings. The quantitative estimate of drug-likeness (QED) is 0.911. The molecule has 1 aromatic carbocycles. The summed E-state index contributed by atoms with van der Waals surface area (Å²) in [6, 6.07) is 12.3. The third-order valence-corrected chi connectivity index (χ3v) is 3.70. The topological polar surface area (TPSA) is 28.2 Å². The van der Waals surface area contributed by atoms with Crippen molar-refractivity contribution in [2.24, 2.45) is 0 Å². The van der Waals surface area contributed by atoms with Gasteiger partial charge in [0.15, 0.2) is 0 Å². The molecule has 1 aromatic heterocycles. The third-order valence-electron chi connectivity index (χ3n) is 3.46. The summed E-state index contributed by atoms with van der Waals surface area (Å²) in [5, 5.41) is 3.92. The summed E-state index contributed by atoms with van der Waals surface area (Å²) in [6.45, 7) is 2.99. The maximum atomic E-state index is 6.06. The number of aromatic nitrogens is 1. The summed E-state index contributed by atoms with van der Waals surface area (Å²) >= 11 is 6.06. The lowest BCUT2D eigenvalue weighted by atomic mass is 10.1. The Labute approximate surface area is 125 Å². The normalized spacial score (nSPS) is 12.2. The summed E-state index contributed by atoms with van der Waals surface area (Å²) in [4.78, 5) is 6.61. The molecule has 0 saturated heterocycles. The van der Waals surface area contributed by atoms with Crippen LogP contribution in [0.1, 0.15) is 24.1 Å². The molecule has 3 nitrogen and oxygen atoms in total. The van der Waals surface area contributed by atoms with E-state index in [0.29, 0.717) is 0 Å². The minimum Gasteiger partial charge on any atom is -0.353 e. The summed E-state index contributed by atoms with van der Waals surface area (Å²) in [6.07, 6.45) is 1.85. The van der Waals surface area contributed by atoms with Crippen LogP contribution in [0.4, 0.5) is 5.82 Å². The van der Waals surface area contributed by atoms with Gasteiger partial charge in [-0.25, -0.2) is 4.98 Å². The zero-order valence-electron chi connectivity index (χ0n) is 12.1. The smallest absolute Gasteiger partial charge is 0.129 e. The van der Waals surface area contributed by atoms with Gasteiger partial charge < -0.3 is 10.2 Å². The molecule has 0 fully saturated rings. The maximum Gasteiger partial charge on any atom is 0.129 e. The van der Waals surface area contributed by atoms with Gasteiger partial charge in [-0.1, -0.05) is 23.7 Å². The third kappa shape index (κ3) is 3.50. The molecule has 0 spiro atoms. The molecule has 1 unspecified atom stereocenters. The van der Waals surface area contributed by atoms with Crippen molar-refractivity contribution in [2.75, 3.05) is 19.0 Å². The molecule has 106 valence electrons. The molecule has 1 heterocycles. The van der Waals surface area contributed by atoms with Crippen LogP contribution in [0.25, 0.3) is 0 Å². The van der Waals surface area contributed by atoms with Gasteiger partial charge >= 0.3 is 0 Å². The largest absolute Gasteiger partial charge is 0.353 e. The van der Waals surface area contributed by atoms with Crippen LogP contribution in [0.3, 0.4) is 0 Å². The second-order valence-corrected chi connectivity index (χ2v) is 5.33. The zero-order chi connectivity index (χ0) is 14.5. The summed E-state index contributed by atoms with van der Waals surface area (Å²) in [5.74, 6) is 0.963. The summed E-state index contributed by atoms with van der Waals surface area (Å²) < 4.78 is 0. The van der Waals surface area contributed by atoms with Gasteiger partial charge in [0, 0.05) is 24.8 Å². The van der Waals surface area contributed by atoms with Crippen LogP contribution >= 0.6 is 11.6 Å². The van der Waals surface area contributed by atoms with Crippen LogP contribution in [0.5, 0.6) is 0 Å². The Morgan fingerprint density at radius 3 is 2.80 bits per heavy atom. The molecule has 1 atom stereocenters. The number of halogens is 1. The fourth-order valence-corrected chi connectivity index (χ4v) is 2.35. The van der Waals surface area contributed by atoms with Gasteiger partial charge in [-0.05, 0) is 49.4 Å². The lowest BCUT2D eigenvalue weighted by Crippen LogP contribution is -2.23. The molecule has 2 rings (SSSR count). The van der Waals surface area contributed by atoms with E-state index in [2.05, 4.69) is 41.3 Å². The van der Waals surface area contributed by atoms with Gasteiger partial charge in [0.05, 0.1) is 6.04 Å². The van der Waals surface area contributed by atoms with Crippen molar-refractivity contribution in [3.8, 4) is 0 Å². The predicted octanol–water partition coefficient (Wildman–Crippen LogP) is 3.65. The van der Waals surface area contributed by atoms with Gasteiger partial charge in [0.2, 0.25) is 0 Å². The average molecular weight is 290 g/mol. The standard InChI is InChI=1S/C16H20ClN3/c1-12(14-5-4-6-15(17)10-14)20(3)16-9-13(11-18-2)7-8-19-16/h4-10,12,18H,11H2,1-3H3. The van der Waals surface area contributed by atoms with Gasteiger partial charge in [-0.2, -0.15) is 0 Å². The molecule has 1 N–H and O–H groups in total. The van der Waals surface area contributed by atoms with Crippen LogP contribution in [0.2, 0.25) is 5.02 Å². The van der Waals surface area contributed by atoms with Gasteiger partial charge in [-0.15, -0.1) is 0 Å². The molecule has 0 radical (unpaired) electrons. The molecule has 20 heavy (non-hydrogen) atoms. The molecular formula is C16H20ClN3. The Morgan fingerprint density at radius 1 is 1.30 bits per heavy atom. The van der Waals surface area contributed by atoms with Crippen LogP contribution in [-0.4, -0.2) is 19.1 Å². The van der Waals surface area contributed by atoms with Crippen molar-refractivity contribution < 1.29 is 0 Å². The lowest BCUT2D eigenvalue weighted by molar-refractivity contribution is 0.726. The highest BCUT2D eigenvalue weighted by molar-refractivity contribution is 6.30. The highest BCUT2D eigenvalue weighted by Gasteiger charge is 2.13. The second kappa shape index (κ2) is 6.73. The van der Waals surface area contributed by atoms with Crippen molar-refractivity contribution in [3.05, 3.63) is 58.7 Å². The van der Waals surface area contributed by atoms with Crippen molar-refractivity contribution in [2.45, 2.75) is 19.5 Å². The Kier molecular flexibility index (Phi) is 4.99. The number of hydrogen-bond donors (Lipinski definition) is 1. The van der Waals surface area contributed by atoms with E-state index < -0.39 is 0 Å². The van der Waals surface area contributed by atoms with Crippen LogP contribution in [0.15, 0.2) is 42.6 Å². The average Bonchev–Trinajstić information content (AvgIpc) is 2.46. The number of benzene rings is 1. The van der Waals surface area contributed by atoms with E-state index >= 15 is 0 Å². The number of nitrogens with one attached hydrogen (secondary N) is 1. The Bertz CT molecular complexity index is 571. The van der Waals surface area contributed by atoms with Gasteiger partial charge in [-0.3, -0.25) is 0 Å². The molecule has 4 heteroatoms. The lowest BCUT2D eigenvalue weighted by Gasteiger charge is -2.26. The van der Waals surface area contributed by atoms with E-state index in [1.807, 2.05) is 37.5 Å². The van der Waals surface area contributed by atoms with Crippen molar-refractivity contribution in [3.63, 3.8) is 0 Å². The van der Waals surface area contributed by atoms with Crippen molar-refractivity contribution in [1.82, 2.24) is 10.3 Å². The van der Waals surface area contributed by atoms with Crippen LogP contribution in [0, 0.1) is 0 Å². The van der Waals surface area contributed by atoms with E-state index in [9.17, 15) is 0 Å². The fraction of sp³-hybridized carbons (Fsp3) is 0.312. The van der Waals surface area contributed by atoms with Crippen molar-refractivity contribution in [1.29, 1.82) is 0 Å². The molecule has 0 bridgehead atoms. The fourth-order valence-electron chi connectivity index (χ4n) is 2.16. The number of anilines is 1. The second-order valence-electron chi connectivity index (χ2n) is 4.89. The number of pyridine rings is 1. The maximum absolute atomic E-state index is 6.06. The van der Waals surface area contributed by atoms with Crippen LogP contribution < -0.4 is 10.2 Å². The van der Waals surface area contributed by atoms with Gasteiger partial charge in [0.25, 0.3) is 0 Å². The first-order chi connectivity index (χ1) is 9.61. The first kappa shape index (κ1) is 14.8. The van der Waals surface area contributed by atoms with E-state index in [0.717, 1.165) is 17.4 Å². The highest BCUT2D eigenvalue weighted by atomic mass is 35.5. The summed E-state index contributed by atoms with van der Waals surface area (Å²) in [5.41, 5.74) is 2.41. The molecule has 0 saturated carbocycles. The Hall–Kier alpha value is -1.58. The number of rotatable bonds is 5. The summed E-state index contributed by atoms with van der Waals surface area (Å²) in [7, 11) is 4.00. The van der Waals surface area contributed by atoms with E-state index in [1.54, 1.807) is 0 Å². The minimum atomic E-state index is 0.214. The zero-order valence-corrected chi connectivity index (χ0v) is 12.9. The van der Waals surface area contributed by atoms with Crippen molar-refractivity contribution >= 4 is 17.4 Å². The molecule has 0 aliphatic carbocycles. The first-order valence-electron chi connectivity index (χ1n) is 6.69. The van der Waals surface area contributed by atoms with E-state index in [-0.39, 0.29) is 6.04 Å². The molecule has 0 aliphatic rings. The minimum absolute atomic E-state index is 0.214. The Balaban J connectivity index is 2.21. The highest BCUT2D eigenvalue weighted by Crippen LogP contribution is 2.25. The van der Waals surface area contributed by atoms with Gasteiger partial charge in [0.1, 0.15) is 5.82 Å².